The highest BCUT2D eigenvalue weighted by Gasteiger charge is 2.35. The maximum atomic E-state index is 14.3. The van der Waals surface area contributed by atoms with E-state index in [4.69, 9.17) is 4.74 Å². The molecule has 49 heavy (non-hydrogen) atoms. The molecule has 0 spiro atoms. The molecule has 11 nitrogen and oxygen atoms in total. The topological polar surface area (TPSA) is 123 Å². The van der Waals surface area contributed by atoms with Gasteiger partial charge in [0.2, 0.25) is 0 Å². The minimum atomic E-state index is -0.445. The van der Waals surface area contributed by atoms with Gasteiger partial charge in [-0.1, -0.05) is 40.2 Å². The number of aryl methyl sites for hydroxylation is 1. The molecule has 0 saturated heterocycles. The molecule has 3 aromatic carbocycles. The molecule has 1 aliphatic rings. The Morgan fingerprint density at radius 1 is 1.04 bits per heavy atom. The lowest BCUT2D eigenvalue weighted by Crippen LogP contribution is -2.47. The largest absolute Gasteiger partial charge is 0.492 e. The zero-order valence-electron chi connectivity index (χ0n) is 27.8. The van der Waals surface area contributed by atoms with Gasteiger partial charge in [0.1, 0.15) is 18.1 Å². The fourth-order valence-corrected chi connectivity index (χ4v) is 6.14. The number of hydrogen-bond donors (Lipinski definition) is 2. The molecule has 1 aliphatic heterocycles. The van der Waals surface area contributed by atoms with Crippen molar-refractivity contribution < 1.29 is 14.3 Å². The summed E-state index contributed by atoms with van der Waals surface area (Å²) in [7, 11) is 1.87. The van der Waals surface area contributed by atoms with Crippen LogP contribution in [0.2, 0.25) is 0 Å². The van der Waals surface area contributed by atoms with Crippen molar-refractivity contribution >= 4 is 27.7 Å². The fraction of sp³-hybridized carbons (Fsp3) is 0.270. The summed E-state index contributed by atoms with van der Waals surface area (Å²) in [6.07, 6.45) is 3.34. The van der Waals surface area contributed by atoms with Crippen LogP contribution in [0.15, 0.2) is 94.5 Å². The van der Waals surface area contributed by atoms with E-state index >= 15 is 0 Å². The number of halogens is 1. The molecular formula is C37H38BrN7O4. The zero-order valence-corrected chi connectivity index (χ0v) is 29.4. The van der Waals surface area contributed by atoms with Crippen LogP contribution in [0.4, 0.5) is 0 Å². The molecule has 2 atom stereocenters. The first-order valence-corrected chi connectivity index (χ1v) is 16.9. The molecule has 5 aromatic rings. The average Bonchev–Trinajstić information content (AvgIpc) is 3.41. The molecule has 2 N–H and O–H groups in total. The smallest absolute Gasteiger partial charge is 0.333 e. The minimum absolute atomic E-state index is 0.0810. The normalized spacial score (nSPS) is 14.6. The molecule has 0 fully saturated rings. The second-order valence-corrected chi connectivity index (χ2v) is 13.0. The van der Waals surface area contributed by atoms with Crippen molar-refractivity contribution in [1.29, 1.82) is 0 Å². The Hall–Kier alpha value is -5.07. The lowest BCUT2D eigenvalue weighted by molar-refractivity contribution is 0.0610. The highest BCUT2D eigenvalue weighted by molar-refractivity contribution is 9.10. The average molecular weight is 725 g/mol. The van der Waals surface area contributed by atoms with E-state index in [1.165, 1.54) is 4.57 Å². The van der Waals surface area contributed by atoms with Crippen molar-refractivity contribution in [2.45, 2.75) is 52.5 Å². The molecule has 6 rings (SSSR count). The van der Waals surface area contributed by atoms with E-state index in [0.29, 0.717) is 35.1 Å². The van der Waals surface area contributed by atoms with E-state index in [2.05, 4.69) is 36.5 Å². The van der Waals surface area contributed by atoms with Gasteiger partial charge in [-0.25, -0.2) is 14.8 Å². The van der Waals surface area contributed by atoms with E-state index in [1.54, 1.807) is 58.3 Å². The first-order valence-electron chi connectivity index (χ1n) is 16.1. The number of fused-ring (bicyclic) bond motifs is 1. The Kier molecular flexibility index (Phi) is 10.1. The van der Waals surface area contributed by atoms with Crippen LogP contribution in [-0.4, -0.2) is 61.6 Å². The van der Waals surface area contributed by atoms with Gasteiger partial charge in [0.05, 0.1) is 17.9 Å². The molecular weight excluding hydrogens is 686 g/mol. The highest BCUT2D eigenvalue weighted by atomic mass is 79.9. The van der Waals surface area contributed by atoms with Crippen LogP contribution in [-0.2, 0) is 19.6 Å². The predicted octanol–water partition coefficient (Wildman–Crippen LogP) is 5.13. The Morgan fingerprint density at radius 2 is 1.78 bits per heavy atom. The second kappa shape index (κ2) is 14.6. The molecule has 2 aromatic heterocycles. The number of aromatic nitrogens is 4. The monoisotopic (exact) mass is 723 g/mol. The summed E-state index contributed by atoms with van der Waals surface area (Å²) in [4.78, 5) is 52.8. The van der Waals surface area contributed by atoms with Gasteiger partial charge in [-0.3, -0.25) is 18.7 Å². The van der Waals surface area contributed by atoms with Crippen molar-refractivity contribution in [3.63, 3.8) is 0 Å². The first-order chi connectivity index (χ1) is 23.7. The van der Waals surface area contributed by atoms with Gasteiger partial charge in [-0.15, -0.1) is 0 Å². The van der Waals surface area contributed by atoms with Crippen molar-refractivity contribution in [2.24, 2.45) is 0 Å². The van der Waals surface area contributed by atoms with E-state index in [1.807, 2.05) is 64.2 Å². The van der Waals surface area contributed by atoms with Gasteiger partial charge in [0, 0.05) is 53.2 Å². The molecule has 0 aliphatic carbocycles. The third-order valence-electron chi connectivity index (χ3n) is 8.78. The molecule has 12 heteroatoms. The Balaban J connectivity index is 1.37. The van der Waals surface area contributed by atoms with E-state index in [0.717, 1.165) is 21.2 Å². The predicted molar refractivity (Wildman–Crippen MR) is 191 cm³/mol. The van der Waals surface area contributed by atoms with Gasteiger partial charge >= 0.3 is 5.69 Å². The summed E-state index contributed by atoms with van der Waals surface area (Å²) in [6, 6.07) is 21.8. The van der Waals surface area contributed by atoms with E-state index < -0.39 is 5.91 Å². The first kappa shape index (κ1) is 33.8. The van der Waals surface area contributed by atoms with Gasteiger partial charge < -0.3 is 20.3 Å². The van der Waals surface area contributed by atoms with Crippen molar-refractivity contribution in [3.05, 3.63) is 128 Å². The van der Waals surface area contributed by atoms with Gasteiger partial charge in [0.25, 0.3) is 11.8 Å². The molecule has 0 bridgehead atoms. The number of rotatable bonds is 10. The second-order valence-electron chi connectivity index (χ2n) is 12.2. The van der Waals surface area contributed by atoms with Crippen LogP contribution < -0.4 is 21.1 Å². The number of likely N-dealkylation sites (N-methyl/N-ethyl adjacent to an activating group) is 1. The Bertz CT molecular complexity index is 2040. The number of ether oxygens (including phenoxy) is 1. The van der Waals surface area contributed by atoms with Crippen molar-refractivity contribution in [3.8, 4) is 22.8 Å². The summed E-state index contributed by atoms with van der Waals surface area (Å²) < 4.78 is 9.85. The molecule has 0 saturated carbocycles. The van der Waals surface area contributed by atoms with Crippen LogP contribution in [0.25, 0.3) is 17.1 Å². The quantitative estimate of drug-likeness (QED) is 0.205. The van der Waals surface area contributed by atoms with E-state index in [9.17, 15) is 14.4 Å². The van der Waals surface area contributed by atoms with Gasteiger partial charge in [0.15, 0.2) is 5.82 Å². The summed E-state index contributed by atoms with van der Waals surface area (Å²) in [6.45, 7) is 6.82. The van der Waals surface area contributed by atoms with Gasteiger partial charge in [-0.2, -0.15) is 0 Å². The fourth-order valence-electron chi connectivity index (χ4n) is 5.89. The number of hydrogen-bond acceptors (Lipinski definition) is 7. The van der Waals surface area contributed by atoms with Crippen LogP contribution in [0.5, 0.6) is 5.75 Å². The Morgan fingerprint density at radius 3 is 2.49 bits per heavy atom. The molecule has 0 unspecified atom stereocenters. The number of nitrogens with zero attached hydrogens (tertiary/aromatic N) is 5. The van der Waals surface area contributed by atoms with Crippen LogP contribution in [0.3, 0.4) is 0 Å². The number of nitrogens with one attached hydrogen (secondary N) is 2. The minimum Gasteiger partial charge on any atom is -0.492 e. The SMILES string of the molecule is CN[C@H](C)COc1ccc(-n2c(C(=O)NCc3ccccc3-c3ncccn3)c3n(c2=O)C[C@@H](C)N(C(=O)c2ccc(Br)c(C)c2)C3)cc1. The third-order valence-corrected chi connectivity index (χ3v) is 9.67. The highest BCUT2D eigenvalue weighted by Crippen LogP contribution is 2.27. The lowest BCUT2D eigenvalue weighted by Gasteiger charge is -2.34. The summed E-state index contributed by atoms with van der Waals surface area (Å²) in [5.41, 5.74) is 3.88. The van der Waals surface area contributed by atoms with Crippen molar-refractivity contribution in [2.75, 3.05) is 13.7 Å². The third kappa shape index (κ3) is 7.06. The maximum absolute atomic E-state index is 14.3. The van der Waals surface area contributed by atoms with E-state index in [-0.39, 0.29) is 49.0 Å². The van der Waals surface area contributed by atoms with Crippen LogP contribution in [0, 0.1) is 6.92 Å². The van der Waals surface area contributed by atoms with Crippen LogP contribution in [0.1, 0.15) is 51.5 Å². The number of benzene rings is 3. The molecule has 252 valence electrons. The number of carbonyl (C=O) groups excluding carboxylic acids is 2. The van der Waals surface area contributed by atoms with Gasteiger partial charge in [-0.05, 0) is 87.5 Å². The number of carbonyl (C=O) groups is 2. The molecule has 2 amide bonds. The number of amides is 2. The molecule has 0 radical (unpaired) electrons. The Labute approximate surface area is 293 Å². The lowest BCUT2D eigenvalue weighted by atomic mass is 10.1. The summed E-state index contributed by atoms with van der Waals surface area (Å²) in [5.74, 6) is 0.571. The summed E-state index contributed by atoms with van der Waals surface area (Å²) >= 11 is 3.51. The maximum Gasteiger partial charge on any atom is 0.333 e. The summed E-state index contributed by atoms with van der Waals surface area (Å²) in [5, 5.41) is 6.18. The standard InChI is InChI=1S/C37H38BrN7O4/c1-23-18-26(10-15-31(23)38)36(47)43-21-32-33(35(46)42-19-27-8-5-6-9-30(27)34-40-16-7-17-41-34)45(37(48)44(32)20-25(43)3)28-11-13-29(14-12-28)49-22-24(2)39-4/h5-18,24-25,39H,19-22H2,1-4H3,(H,42,46)/t24-,25-/m1/s1. The molecule has 3 heterocycles. The van der Waals surface area contributed by atoms with Crippen molar-refractivity contribution in [1.82, 2.24) is 34.6 Å². The van der Waals surface area contributed by atoms with Crippen LogP contribution >= 0.6 is 15.9 Å². The number of imidazole rings is 1. The zero-order chi connectivity index (χ0) is 34.7.